The molecule has 166 valence electrons. The fourth-order valence-electron chi connectivity index (χ4n) is 2.86. The molecular weight excluding hydrogens is 426 g/mol. The van der Waals surface area contributed by atoms with Crippen LogP contribution in [0.15, 0.2) is 71.8 Å². The van der Waals surface area contributed by atoms with Crippen LogP contribution in [-0.2, 0) is 6.61 Å². The van der Waals surface area contributed by atoms with Gasteiger partial charge in [-0.15, -0.1) is 0 Å². The van der Waals surface area contributed by atoms with Crippen molar-refractivity contribution < 1.29 is 18.9 Å². The highest BCUT2D eigenvalue weighted by atomic mass is 32.1. The summed E-state index contributed by atoms with van der Waals surface area (Å²) in [5.41, 5.74) is 5.44. The lowest BCUT2D eigenvalue weighted by atomic mass is 10.2. The number of thiocarbonyl (C=S) groups is 1. The lowest BCUT2D eigenvalue weighted by Gasteiger charge is -2.12. The molecule has 32 heavy (non-hydrogen) atoms. The first-order valence-electron chi connectivity index (χ1n) is 9.79. The van der Waals surface area contributed by atoms with Crippen molar-refractivity contribution in [1.82, 2.24) is 5.43 Å². The van der Waals surface area contributed by atoms with Gasteiger partial charge in [-0.25, -0.2) is 0 Å². The number of hydrogen-bond donors (Lipinski definition) is 2. The molecule has 0 saturated carbocycles. The molecule has 0 atom stereocenters. The Kier molecular flexibility index (Phi) is 8.28. The predicted molar refractivity (Wildman–Crippen MR) is 130 cm³/mol. The Morgan fingerprint density at radius 1 is 0.844 bits per heavy atom. The van der Waals surface area contributed by atoms with Crippen molar-refractivity contribution >= 4 is 29.2 Å². The molecule has 0 heterocycles. The molecule has 0 bridgehead atoms. The number of nitrogens with one attached hydrogen (secondary N) is 2. The summed E-state index contributed by atoms with van der Waals surface area (Å²) >= 11 is 5.30. The number of methoxy groups -OCH3 is 3. The average molecular weight is 452 g/mol. The first-order chi connectivity index (χ1) is 15.6. The van der Waals surface area contributed by atoms with E-state index < -0.39 is 0 Å². The molecule has 0 aromatic heterocycles. The van der Waals surface area contributed by atoms with Crippen LogP contribution >= 0.6 is 12.2 Å². The van der Waals surface area contributed by atoms with Gasteiger partial charge in [0.1, 0.15) is 6.61 Å². The second-order valence-corrected chi connectivity index (χ2v) is 6.99. The van der Waals surface area contributed by atoms with Crippen LogP contribution in [0.2, 0.25) is 0 Å². The number of hydrazone groups is 1. The van der Waals surface area contributed by atoms with Gasteiger partial charge in [0, 0.05) is 11.8 Å². The fraction of sp³-hybridized carbons (Fsp3) is 0.167. The van der Waals surface area contributed by atoms with E-state index >= 15 is 0 Å². The maximum Gasteiger partial charge on any atom is 0.191 e. The molecule has 2 N–H and O–H groups in total. The standard InChI is InChI=1S/C24H25N3O4S/c1-28-20-12-10-19(14-22(20)30-3)26-24(32)27-25-15-18-9-11-21(29-2)23(13-18)31-16-17-7-5-4-6-8-17/h4-15H,16H2,1-3H3,(H2,26,27,32). The number of nitrogens with zero attached hydrogens (tertiary/aromatic N) is 1. The molecule has 3 rings (SSSR count). The van der Waals surface area contributed by atoms with Crippen LogP contribution < -0.4 is 29.7 Å². The minimum atomic E-state index is 0.336. The van der Waals surface area contributed by atoms with Gasteiger partial charge in [0.2, 0.25) is 0 Å². The van der Waals surface area contributed by atoms with Crippen LogP contribution in [0.5, 0.6) is 23.0 Å². The van der Waals surface area contributed by atoms with Crippen molar-refractivity contribution in [3.8, 4) is 23.0 Å². The van der Waals surface area contributed by atoms with E-state index in [0.717, 1.165) is 16.8 Å². The quantitative estimate of drug-likeness (QED) is 0.280. The van der Waals surface area contributed by atoms with Gasteiger partial charge in [0.05, 0.1) is 27.5 Å². The first kappa shape index (κ1) is 22.9. The zero-order valence-electron chi connectivity index (χ0n) is 18.1. The van der Waals surface area contributed by atoms with Gasteiger partial charge in [0.25, 0.3) is 0 Å². The zero-order chi connectivity index (χ0) is 22.8. The topological polar surface area (TPSA) is 73.3 Å². The van der Waals surface area contributed by atoms with Crippen LogP contribution in [0.25, 0.3) is 0 Å². The third-order valence-corrected chi connectivity index (χ3v) is 4.64. The molecule has 0 fully saturated rings. The molecule has 3 aromatic rings. The lowest BCUT2D eigenvalue weighted by molar-refractivity contribution is 0.284. The second-order valence-electron chi connectivity index (χ2n) is 6.58. The zero-order valence-corrected chi connectivity index (χ0v) is 18.9. The smallest absolute Gasteiger partial charge is 0.191 e. The van der Waals surface area contributed by atoms with E-state index in [4.69, 9.17) is 31.2 Å². The third-order valence-electron chi connectivity index (χ3n) is 4.45. The van der Waals surface area contributed by atoms with Crippen molar-refractivity contribution in [2.24, 2.45) is 5.10 Å². The highest BCUT2D eigenvalue weighted by molar-refractivity contribution is 7.80. The van der Waals surface area contributed by atoms with Gasteiger partial charge < -0.3 is 24.3 Å². The van der Waals surface area contributed by atoms with Crippen molar-refractivity contribution in [2.45, 2.75) is 6.61 Å². The third kappa shape index (κ3) is 6.36. The molecule has 0 amide bonds. The number of anilines is 1. The summed E-state index contributed by atoms with van der Waals surface area (Å²) in [6.45, 7) is 0.440. The van der Waals surface area contributed by atoms with Gasteiger partial charge in [-0.05, 0) is 53.7 Å². The van der Waals surface area contributed by atoms with Crippen LogP contribution in [0, 0.1) is 0 Å². The lowest BCUT2D eigenvalue weighted by Crippen LogP contribution is -2.23. The number of hydrogen-bond acceptors (Lipinski definition) is 6. The van der Waals surface area contributed by atoms with Gasteiger partial charge in [-0.2, -0.15) is 5.10 Å². The molecule has 0 aliphatic heterocycles. The Morgan fingerprint density at radius 3 is 2.25 bits per heavy atom. The predicted octanol–water partition coefficient (Wildman–Crippen LogP) is 4.61. The van der Waals surface area contributed by atoms with E-state index in [0.29, 0.717) is 34.7 Å². The molecule has 0 unspecified atom stereocenters. The Bertz CT molecular complexity index is 1070. The molecule has 0 spiro atoms. The summed E-state index contributed by atoms with van der Waals surface area (Å²) in [6, 6.07) is 20.9. The number of rotatable bonds is 9. The molecule has 3 aromatic carbocycles. The Balaban J connectivity index is 1.60. The van der Waals surface area contributed by atoms with Gasteiger partial charge in [0.15, 0.2) is 28.1 Å². The number of benzene rings is 3. The van der Waals surface area contributed by atoms with Crippen LogP contribution in [0.1, 0.15) is 11.1 Å². The highest BCUT2D eigenvalue weighted by Gasteiger charge is 2.07. The molecule has 0 radical (unpaired) electrons. The average Bonchev–Trinajstić information content (AvgIpc) is 2.83. The fourth-order valence-corrected chi connectivity index (χ4v) is 3.03. The SMILES string of the molecule is COc1ccc(NC(=S)NN=Cc2ccc(OC)c(OCc3ccccc3)c2)cc1OC. The minimum Gasteiger partial charge on any atom is -0.493 e. The molecular formula is C24H25N3O4S. The van der Waals surface area contributed by atoms with E-state index in [1.54, 1.807) is 39.7 Å². The van der Waals surface area contributed by atoms with Crippen molar-refractivity contribution in [3.63, 3.8) is 0 Å². The minimum absolute atomic E-state index is 0.336. The normalized spacial score (nSPS) is 10.5. The maximum atomic E-state index is 5.93. The van der Waals surface area contributed by atoms with Gasteiger partial charge >= 0.3 is 0 Å². The van der Waals surface area contributed by atoms with Crippen LogP contribution in [0.3, 0.4) is 0 Å². The Hall–Kier alpha value is -3.78. The molecule has 8 heteroatoms. The summed E-state index contributed by atoms with van der Waals surface area (Å²) in [4.78, 5) is 0. The first-order valence-corrected chi connectivity index (χ1v) is 10.2. The monoisotopic (exact) mass is 451 g/mol. The Morgan fingerprint density at radius 2 is 1.53 bits per heavy atom. The molecule has 0 aliphatic carbocycles. The summed E-state index contributed by atoms with van der Waals surface area (Å²) in [5.74, 6) is 2.52. The van der Waals surface area contributed by atoms with Crippen molar-refractivity contribution in [2.75, 3.05) is 26.6 Å². The molecule has 7 nitrogen and oxygen atoms in total. The van der Waals surface area contributed by atoms with Crippen molar-refractivity contribution in [1.29, 1.82) is 0 Å². The second kappa shape index (κ2) is 11.6. The highest BCUT2D eigenvalue weighted by Crippen LogP contribution is 2.30. The van der Waals surface area contributed by atoms with E-state index in [-0.39, 0.29) is 0 Å². The van der Waals surface area contributed by atoms with E-state index in [2.05, 4.69) is 15.8 Å². The largest absolute Gasteiger partial charge is 0.493 e. The maximum absolute atomic E-state index is 5.93. The van der Waals surface area contributed by atoms with E-state index in [9.17, 15) is 0 Å². The van der Waals surface area contributed by atoms with E-state index in [1.807, 2.05) is 54.6 Å². The van der Waals surface area contributed by atoms with E-state index in [1.165, 1.54) is 0 Å². The Labute approximate surface area is 193 Å². The summed E-state index contributed by atoms with van der Waals surface area (Å²) in [6.07, 6.45) is 1.65. The summed E-state index contributed by atoms with van der Waals surface area (Å²) in [5, 5.41) is 7.58. The van der Waals surface area contributed by atoms with Gasteiger partial charge in [-0.1, -0.05) is 30.3 Å². The summed E-state index contributed by atoms with van der Waals surface area (Å²) in [7, 11) is 4.77. The van der Waals surface area contributed by atoms with Gasteiger partial charge in [-0.3, -0.25) is 5.43 Å². The molecule has 0 aliphatic rings. The summed E-state index contributed by atoms with van der Waals surface area (Å²) < 4.78 is 21.9. The molecule has 0 saturated heterocycles. The number of ether oxygens (including phenoxy) is 4. The van der Waals surface area contributed by atoms with Crippen molar-refractivity contribution in [3.05, 3.63) is 77.9 Å². The van der Waals surface area contributed by atoms with Crippen LogP contribution in [-0.4, -0.2) is 32.7 Å². The van der Waals surface area contributed by atoms with Crippen LogP contribution in [0.4, 0.5) is 5.69 Å².